The standard InChI is InChI=1S/C22H13F3O2S2/c23-22(24,25)20(27)12-17(26)19-11-16-15-8-9-28-21(15)14(10-18(16)29-19)7-6-13-4-2-1-3-5-13/h1-11H,12H2/b7-6+. The highest BCUT2D eigenvalue weighted by Crippen LogP contribution is 2.38. The first kappa shape index (κ1) is 19.5. The normalized spacial score (nSPS) is 12.2. The number of ketones is 2. The van der Waals surface area contributed by atoms with Gasteiger partial charge in [0.05, 0.1) is 11.3 Å². The largest absolute Gasteiger partial charge is 0.450 e. The number of Topliss-reactive ketones (excluding diaryl/α,β-unsaturated/α-hetero) is 2. The number of carbonyl (C=O) groups excluding carboxylic acids is 2. The molecule has 7 heteroatoms. The third kappa shape index (κ3) is 4.02. The van der Waals surface area contributed by atoms with Gasteiger partial charge in [-0.05, 0) is 34.7 Å². The molecule has 2 heterocycles. The Morgan fingerprint density at radius 2 is 1.72 bits per heavy atom. The smallest absolute Gasteiger partial charge is 0.293 e. The Morgan fingerprint density at radius 1 is 0.966 bits per heavy atom. The molecule has 0 aliphatic carbocycles. The van der Waals surface area contributed by atoms with Gasteiger partial charge in [-0.2, -0.15) is 13.2 Å². The van der Waals surface area contributed by atoms with E-state index in [-0.39, 0.29) is 4.88 Å². The number of benzene rings is 2. The van der Waals surface area contributed by atoms with E-state index in [1.165, 1.54) is 0 Å². The molecule has 0 unspecified atom stereocenters. The van der Waals surface area contributed by atoms with E-state index in [1.54, 1.807) is 17.4 Å². The van der Waals surface area contributed by atoms with E-state index in [9.17, 15) is 22.8 Å². The minimum atomic E-state index is -5.00. The molecular weight excluding hydrogens is 417 g/mol. The molecule has 0 aliphatic rings. The van der Waals surface area contributed by atoms with Crippen LogP contribution in [0.15, 0.2) is 53.9 Å². The van der Waals surface area contributed by atoms with Crippen molar-refractivity contribution in [3.05, 3.63) is 69.9 Å². The SMILES string of the molecule is O=C(CC(=O)C(F)(F)F)c1cc2c(cc(/C=C/c3ccccc3)c3sccc32)s1. The number of thiophene rings is 2. The fourth-order valence-corrected chi connectivity index (χ4v) is 4.99. The van der Waals surface area contributed by atoms with Gasteiger partial charge >= 0.3 is 6.18 Å². The van der Waals surface area contributed by atoms with Gasteiger partial charge in [0, 0.05) is 20.2 Å². The summed E-state index contributed by atoms with van der Waals surface area (Å²) in [4.78, 5) is 23.5. The highest BCUT2D eigenvalue weighted by Gasteiger charge is 2.39. The average molecular weight is 430 g/mol. The molecule has 0 saturated carbocycles. The number of rotatable bonds is 5. The number of carbonyl (C=O) groups is 2. The molecule has 0 saturated heterocycles. The Morgan fingerprint density at radius 3 is 2.45 bits per heavy atom. The summed E-state index contributed by atoms with van der Waals surface area (Å²) in [6, 6.07) is 15.3. The Hall–Kier alpha value is -2.77. The minimum Gasteiger partial charge on any atom is -0.293 e. The third-order valence-corrected chi connectivity index (χ3v) is 6.52. The zero-order valence-corrected chi connectivity index (χ0v) is 16.5. The maximum atomic E-state index is 12.5. The summed E-state index contributed by atoms with van der Waals surface area (Å²) in [5, 5.41) is 3.69. The van der Waals surface area contributed by atoms with Crippen LogP contribution in [0.4, 0.5) is 13.2 Å². The average Bonchev–Trinajstić information content (AvgIpc) is 3.32. The number of halogens is 3. The molecule has 2 aromatic heterocycles. The molecule has 0 amide bonds. The Bertz CT molecular complexity index is 1250. The van der Waals surface area contributed by atoms with Crippen LogP contribution in [0.2, 0.25) is 0 Å². The molecule has 0 bridgehead atoms. The molecule has 0 fully saturated rings. The van der Waals surface area contributed by atoms with Crippen molar-refractivity contribution < 1.29 is 22.8 Å². The van der Waals surface area contributed by atoms with Crippen molar-refractivity contribution >= 4 is 66.6 Å². The Kier molecular flexibility index (Phi) is 5.10. The van der Waals surface area contributed by atoms with Gasteiger partial charge in [0.15, 0.2) is 5.78 Å². The van der Waals surface area contributed by atoms with E-state index < -0.39 is 24.2 Å². The van der Waals surface area contributed by atoms with E-state index in [2.05, 4.69) is 0 Å². The van der Waals surface area contributed by atoms with E-state index >= 15 is 0 Å². The maximum Gasteiger partial charge on any atom is 0.450 e. The molecular formula is C22H13F3O2S2. The van der Waals surface area contributed by atoms with Gasteiger partial charge in [-0.3, -0.25) is 9.59 Å². The summed E-state index contributed by atoms with van der Waals surface area (Å²) < 4.78 is 39.2. The van der Waals surface area contributed by atoms with Crippen molar-refractivity contribution in [3.63, 3.8) is 0 Å². The lowest BCUT2D eigenvalue weighted by Gasteiger charge is -2.02. The first-order valence-electron chi connectivity index (χ1n) is 8.63. The molecule has 4 rings (SSSR count). The molecule has 0 spiro atoms. The van der Waals surface area contributed by atoms with Crippen LogP contribution in [0, 0.1) is 0 Å². The van der Waals surface area contributed by atoms with E-state index in [0.717, 1.165) is 42.6 Å². The van der Waals surface area contributed by atoms with Gasteiger partial charge in [0.1, 0.15) is 0 Å². The fraction of sp³-hybridized carbons (Fsp3) is 0.0909. The van der Waals surface area contributed by atoms with E-state index in [1.807, 2.05) is 60.0 Å². The van der Waals surface area contributed by atoms with E-state index in [4.69, 9.17) is 0 Å². The van der Waals surface area contributed by atoms with Gasteiger partial charge in [0.25, 0.3) is 0 Å². The third-order valence-electron chi connectivity index (χ3n) is 4.43. The molecule has 2 nitrogen and oxygen atoms in total. The second-order valence-corrected chi connectivity index (χ2v) is 8.42. The van der Waals surface area contributed by atoms with Gasteiger partial charge < -0.3 is 0 Å². The van der Waals surface area contributed by atoms with Crippen LogP contribution in [-0.2, 0) is 4.79 Å². The summed E-state index contributed by atoms with van der Waals surface area (Å²) in [6.45, 7) is 0. The Balaban J connectivity index is 1.73. The van der Waals surface area contributed by atoms with Crippen molar-refractivity contribution in [3.8, 4) is 0 Å². The summed E-state index contributed by atoms with van der Waals surface area (Å²) in [5.41, 5.74) is 2.02. The quantitative estimate of drug-likeness (QED) is 0.194. The lowest BCUT2D eigenvalue weighted by molar-refractivity contribution is -0.170. The fourth-order valence-electron chi connectivity index (χ4n) is 3.02. The maximum absolute atomic E-state index is 12.5. The van der Waals surface area contributed by atoms with Gasteiger partial charge in [-0.15, -0.1) is 22.7 Å². The van der Waals surface area contributed by atoms with Crippen molar-refractivity contribution in [2.45, 2.75) is 12.6 Å². The molecule has 146 valence electrons. The van der Waals surface area contributed by atoms with Crippen molar-refractivity contribution in [1.82, 2.24) is 0 Å². The zero-order valence-electron chi connectivity index (χ0n) is 14.8. The zero-order chi connectivity index (χ0) is 20.6. The minimum absolute atomic E-state index is 0.161. The van der Waals surface area contributed by atoms with Gasteiger partial charge in [-0.1, -0.05) is 42.5 Å². The van der Waals surface area contributed by atoms with Crippen LogP contribution >= 0.6 is 22.7 Å². The first-order chi connectivity index (χ1) is 13.8. The second-order valence-electron chi connectivity index (χ2n) is 6.42. The monoisotopic (exact) mass is 430 g/mol. The predicted octanol–water partition coefficient (Wildman–Crippen LogP) is 6.99. The molecule has 0 aliphatic heterocycles. The summed E-state index contributed by atoms with van der Waals surface area (Å²) in [7, 11) is 0. The van der Waals surface area contributed by atoms with Crippen LogP contribution in [-0.4, -0.2) is 17.7 Å². The molecule has 0 atom stereocenters. The van der Waals surface area contributed by atoms with Gasteiger partial charge in [0.2, 0.25) is 5.78 Å². The molecule has 0 radical (unpaired) electrons. The van der Waals surface area contributed by atoms with Crippen LogP contribution in [0.1, 0.15) is 27.2 Å². The molecule has 2 aromatic carbocycles. The number of fused-ring (bicyclic) bond motifs is 3. The second kappa shape index (κ2) is 7.57. The molecule has 29 heavy (non-hydrogen) atoms. The number of alkyl halides is 3. The van der Waals surface area contributed by atoms with E-state index in [0.29, 0.717) is 0 Å². The van der Waals surface area contributed by atoms with Crippen LogP contribution < -0.4 is 0 Å². The summed E-state index contributed by atoms with van der Waals surface area (Å²) in [6.07, 6.45) is -2.18. The van der Waals surface area contributed by atoms with Crippen LogP contribution in [0.3, 0.4) is 0 Å². The first-order valence-corrected chi connectivity index (χ1v) is 10.3. The summed E-state index contributed by atoms with van der Waals surface area (Å²) >= 11 is 2.67. The highest BCUT2D eigenvalue weighted by molar-refractivity contribution is 7.21. The summed E-state index contributed by atoms with van der Waals surface area (Å²) in [5.74, 6) is -2.83. The molecule has 4 aromatic rings. The predicted molar refractivity (Wildman–Crippen MR) is 113 cm³/mol. The lowest BCUT2D eigenvalue weighted by Crippen LogP contribution is -2.25. The van der Waals surface area contributed by atoms with Crippen molar-refractivity contribution in [1.29, 1.82) is 0 Å². The number of hydrogen-bond donors (Lipinski definition) is 0. The molecule has 0 N–H and O–H groups in total. The van der Waals surface area contributed by atoms with Crippen molar-refractivity contribution in [2.24, 2.45) is 0 Å². The number of hydrogen-bond acceptors (Lipinski definition) is 4. The van der Waals surface area contributed by atoms with Crippen LogP contribution in [0.5, 0.6) is 0 Å². The van der Waals surface area contributed by atoms with Crippen molar-refractivity contribution in [2.75, 3.05) is 0 Å². The van der Waals surface area contributed by atoms with Gasteiger partial charge in [-0.25, -0.2) is 0 Å². The van der Waals surface area contributed by atoms with Crippen LogP contribution in [0.25, 0.3) is 32.3 Å². The topological polar surface area (TPSA) is 34.1 Å². The highest BCUT2D eigenvalue weighted by atomic mass is 32.1. The lowest BCUT2D eigenvalue weighted by atomic mass is 10.1. The Labute approximate surface area is 171 Å².